The average molecular weight is 297 g/mol. The molecule has 0 fully saturated rings. The SMILES string of the molecule is COc1ccc(-c2cc(Br)nc(C)n2)c(F)c1. The third-order valence-electron chi connectivity index (χ3n) is 2.26. The van der Waals surface area contributed by atoms with E-state index in [1.807, 2.05) is 0 Å². The van der Waals surface area contributed by atoms with Crippen LogP contribution in [0, 0.1) is 12.7 Å². The van der Waals surface area contributed by atoms with Crippen molar-refractivity contribution >= 4 is 15.9 Å². The molecule has 0 radical (unpaired) electrons. The second-order valence-corrected chi connectivity index (χ2v) is 4.28. The summed E-state index contributed by atoms with van der Waals surface area (Å²) in [7, 11) is 1.50. The Balaban J connectivity index is 2.52. The van der Waals surface area contributed by atoms with Gasteiger partial charge in [0.05, 0.1) is 12.8 Å². The first kappa shape index (κ1) is 12.0. The summed E-state index contributed by atoms with van der Waals surface area (Å²) < 4.78 is 19.4. The largest absolute Gasteiger partial charge is 0.497 e. The van der Waals surface area contributed by atoms with Crippen molar-refractivity contribution in [2.24, 2.45) is 0 Å². The Labute approximate surface area is 107 Å². The number of methoxy groups -OCH3 is 1. The molecule has 0 amide bonds. The van der Waals surface area contributed by atoms with Crippen LogP contribution in [0.4, 0.5) is 4.39 Å². The minimum Gasteiger partial charge on any atom is -0.497 e. The first-order valence-corrected chi connectivity index (χ1v) is 5.74. The number of aryl methyl sites for hydroxylation is 1. The van der Waals surface area contributed by atoms with Gasteiger partial charge in [-0.3, -0.25) is 0 Å². The summed E-state index contributed by atoms with van der Waals surface area (Å²) in [5.74, 6) is 0.704. The highest BCUT2D eigenvalue weighted by Crippen LogP contribution is 2.26. The van der Waals surface area contributed by atoms with E-state index in [9.17, 15) is 4.39 Å². The summed E-state index contributed by atoms with van der Waals surface area (Å²) in [6, 6.07) is 6.35. The lowest BCUT2D eigenvalue weighted by molar-refractivity contribution is 0.411. The molecule has 1 aromatic carbocycles. The van der Waals surface area contributed by atoms with E-state index in [0.717, 1.165) is 0 Å². The average Bonchev–Trinajstić information content (AvgIpc) is 2.27. The van der Waals surface area contributed by atoms with Crippen LogP contribution in [0.25, 0.3) is 11.3 Å². The molecule has 1 heterocycles. The molecule has 2 rings (SSSR count). The molecule has 0 saturated heterocycles. The zero-order valence-electron chi connectivity index (χ0n) is 9.37. The second kappa shape index (κ2) is 4.79. The van der Waals surface area contributed by atoms with Gasteiger partial charge in [0.25, 0.3) is 0 Å². The van der Waals surface area contributed by atoms with Crippen LogP contribution < -0.4 is 4.74 Å². The molecule has 0 bridgehead atoms. The van der Waals surface area contributed by atoms with E-state index in [1.165, 1.54) is 13.2 Å². The highest BCUT2D eigenvalue weighted by molar-refractivity contribution is 9.10. The van der Waals surface area contributed by atoms with Crippen molar-refractivity contribution in [1.82, 2.24) is 9.97 Å². The van der Waals surface area contributed by atoms with E-state index in [4.69, 9.17) is 4.74 Å². The number of aromatic nitrogens is 2. The second-order valence-electron chi connectivity index (χ2n) is 3.47. The van der Waals surface area contributed by atoms with Gasteiger partial charge >= 0.3 is 0 Å². The lowest BCUT2D eigenvalue weighted by Gasteiger charge is -2.06. The van der Waals surface area contributed by atoms with Crippen LogP contribution in [0.15, 0.2) is 28.9 Å². The third kappa shape index (κ3) is 2.61. The lowest BCUT2D eigenvalue weighted by Crippen LogP contribution is -1.94. The van der Waals surface area contributed by atoms with Crippen molar-refractivity contribution in [2.45, 2.75) is 6.92 Å². The van der Waals surface area contributed by atoms with Crippen molar-refractivity contribution < 1.29 is 9.13 Å². The van der Waals surface area contributed by atoms with Gasteiger partial charge in [-0.05, 0) is 41.1 Å². The highest BCUT2D eigenvalue weighted by atomic mass is 79.9. The predicted octanol–water partition coefficient (Wildman–Crippen LogP) is 3.36. The minimum absolute atomic E-state index is 0.366. The van der Waals surface area contributed by atoms with E-state index < -0.39 is 0 Å². The Morgan fingerprint density at radius 3 is 2.59 bits per heavy atom. The molecule has 88 valence electrons. The standard InChI is InChI=1S/C12H10BrFN2O/c1-7-15-11(6-12(13)16-7)9-4-3-8(17-2)5-10(9)14/h3-6H,1-2H3. The van der Waals surface area contributed by atoms with Crippen molar-refractivity contribution in [1.29, 1.82) is 0 Å². The van der Waals surface area contributed by atoms with Crippen LogP contribution in [-0.4, -0.2) is 17.1 Å². The summed E-state index contributed by atoms with van der Waals surface area (Å²) in [6.07, 6.45) is 0. The molecular formula is C12H10BrFN2O. The maximum Gasteiger partial charge on any atom is 0.136 e. The Morgan fingerprint density at radius 2 is 2.00 bits per heavy atom. The van der Waals surface area contributed by atoms with Crippen molar-refractivity contribution in [3.8, 4) is 17.0 Å². The molecule has 0 aliphatic carbocycles. The van der Waals surface area contributed by atoms with Gasteiger partial charge in [-0.25, -0.2) is 14.4 Å². The summed E-state index contributed by atoms with van der Waals surface area (Å²) in [5, 5.41) is 0. The van der Waals surface area contributed by atoms with Crippen molar-refractivity contribution in [3.05, 3.63) is 40.5 Å². The van der Waals surface area contributed by atoms with Crippen molar-refractivity contribution in [3.63, 3.8) is 0 Å². The van der Waals surface area contributed by atoms with Gasteiger partial charge in [-0.1, -0.05) is 0 Å². The van der Waals surface area contributed by atoms with Crippen LogP contribution in [0.1, 0.15) is 5.82 Å². The summed E-state index contributed by atoms with van der Waals surface area (Å²) in [5.41, 5.74) is 0.974. The molecule has 0 N–H and O–H groups in total. The zero-order chi connectivity index (χ0) is 12.4. The quantitative estimate of drug-likeness (QED) is 0.797. The number of rotatable bonds is 2. The molecular weight excluding hydrogens is 287 g/mol. The smallest absolute Gasteiger partial charge is 0.136 e. The Kier molecular flexibility index (Phi) is 3.38. The Hall–Kier alpha value is -1.49. The Bertz CT molecular complexity index is 540. The lowest BCUT2D eigenvalue weighted by atomic mass is 10.1. The van der Waals surface area contributed by atoms with Gasteiger partial charge in [0.2, 0.25) is 0 Å². The molecule has 0 aliphatic rings. The molecule has 0 saturated carbocycles. The van der Waals surface area contributed by atoms with Crippen LogP contribution in [-0.2, 0) is 0 Å². The predicted molar refractivity (Wildman–Crippen MR) is 66.4 cm³/mol. The molecule has 0 aliphatic heterocycles. The molecule has 3 nitrogen and oxygen atoms in total. The van der Waals surface area contributed by atoms with Crippen LogP contribution >= 0.6 is 15.9 Å². The topological polar surface area (TPSA) is 35.0 Å². The first-order chi connectivity index (χ1) is 8.10. The maximum absolute atomic E-state index is 13.8. The molecule has 0 atom stereocenters. The third-order valence-corrected chi connectivity index (χ3v) is 2.67. The highest BCUT2D eigenvalue weighted by Gasteiger charge is 2.09. The number of ether oxygens (including phenoxy) is 1. The van der Waals surface area contributed by atoms with Gasteiger partial charge in [0, 0.05) is 11.6 Å². The van der Waals surface area contributed by atoms with E-state index in [1.54, 1.807) is 25.1 Å². The monoisotopic (exact) mass is 296 g/mol. The zero-order valence-corrected chi connectivity index (χ0v) is 11.0. The molecule has 1 aromatic heterocycles. The number of nitrogens with zero attached hydrogens (tertiary/aromatic N) is 2. The first-order valence-electron chi connectivity index (χ1n) is 4.95. The molecule has 0 unspecified atom stereocenters. The minimum atomic E-state index is -0.366. The van der Waals surface area contributed by atoms with Gasteiger partial charge in [0.1, 0.15) is 22.0 Å². The number of halogens is 2. The van der Waals surface area contributed by atoms with Gasteiger partial charge < -0.3 is 4.74 Å². The van der Waals surface area contributed by atoms with Gasteiger partial charge in [-0.2, -0.15) is 0 Å². The number of hydrogen-bond donors (Lipinski definition) is 0. The normalized spacial score (nSPS) is 10.4. The molecule has 2 aromatic rings. The summed E-state index contributed by atoms with van der Waals surface area (Å²) in [6.45, 7) is 1.76. The summed E-state index contributed by atoms with van der Waals surface area (Å²) >= 11 is 3.26. The number of hydrogen-bond acceptors (Lipinski definition) is 3. The van der Waals surface area contributed by atoms with E-state index in [2.05, 4.69) is 25.9 Å². The van der Waals surface area contributed by atoms with Gasteiger partial charge in [-0.15, -0.1) is 0 Å². The van der Waals surface area contributed by atoms with Crippen LogP contribution in [0.3, 0.4) is 0 Å². The van der Waals surface area contributed by atoms with Crippen LogP contribution in [0.5, 0.6) is 5.75 Å². The Morgan fingerprint density at radius 1 is 1.24 bits per heavy atom. The molecule has 5 heteroatoms. The molecule has 0 spiro atoms. The van der Waals surface area contributed by atoms with E-state index in [0.29, 0.717) is 27.4 Å². The van der Waals surface area contributed by atoms with E-state index >= 15 is 0 Å². The van der Waals surface area contributed by atoms with Crippen molar-refractivity contribution in [2.75, 3.05) is 7.11 Å². The summed E-state index contributed by atoms with van der Waals surface area (Å²) in [4.78, 5) is 8.28. The van der Waals surface area contributed by atoms with Crippen LogP contribution in [0.2, 0.25) is 0 Å². The molecule has 17 heavy (non-hydrogen) atoms. The fourth-order valence-electron chi connectivity index (χ4n) is 1.50. The fourth-order valence-corrected chi connectivity index (χ4v) is 1.97. The fraction of sp³-hybridized carbons (Fsp3) is 0.167. The van der Waals surface area contributed by atoms with Gasteiger partial charge in [0.15, 0.2) is 0 Å². The number of benzene rings is 1. The van der Waals surface area contributed by atoms with E-state index in [-0.39, 0.29) is 5.82 Å². The maximum atomic E-state index is 13.8.